The van der Waals surface area contributed by atoms with E-state index in [0.717, 1.165) is 0 Å². The zero-order chi connectivity index (χ0) is 14.4. The molecule has 0 saturated carbocycles. The second kappa shape index (κ2) is 6.40. The van der Waals surface area contributed by atoms with Crippen molar-refractivity contribution in [2.75, 3.05) is 11.4 Å². The summed E-state index contributed by atoms with van der Waals surface area (Å²) >= 11 is 0. The predicted octanol–water partition coefficient (Wildman–Crippen LogP) is 1.31. The zero-order valence-corrected chi connectivity index (χ0v) is 10.4. The summed E-state index contributed by atoms with van der Waals surface area (Å²) in [5, 5.41) is 26.6. The largest absolute Gasteiger partial charge is 0.481 e. The monoisotopic (exact) mass is 262 g/mol. The summed E-state index contributed by atoms with van der Waals surface area (Å²) in [6.45, 7) is 1.54. The minimum Gasteiger partial charge on any atom is -0.481 e. The van der Waals surface area contributed by atoms with Crippen molar-refractivity contribution in [1.29, 1.82) is 5.26 Å². The van der Waals surface area contributed by atoms with E-state index in [9.17, 15) is 9.59 Å². The minimum absolute atomic E-state index is 0.0671. The number of anilines is 1. The molecule has 0 aromatic heterocycles. The Kier molecular flexibility index (Phi) is 4.89. The Hall–Kier alpha value is -2.55. The minimum atomic E-state index is -1.05. The fourth-order valence-electron chi connectivity index (χ4n) is 1.65. The standard InChI is InChI=1S/C13H14N2O4/c1-9(13(18)19)15(6-5-12(16)17)11-4-2-3-10(7-11)8-14/h2-4,7,9H,5-6H2,1H3,(H,16,17)(H,18,19). The molecule has 1 rings (SSSR count). The van der Waals surface area contributed by atoms with Gasteiger partial charge in [0.25, 0.3) is 0 Å². The van der Waals surface area contributed by atoms with Gasteiger partial charge in [-0.05, 0) is 25.1 Å². The molecule has 0 radical (unpaired) electrons. The predicted molar refractivity (Wildman–Crippen MR) is 67.9 cm³/mol. The lowest BCUT2D eigenvalue weighted by Crippen LogP contribution is -2.40. The van der Waals surface area contributed by atoms with Crippen LogP contribution in [0.2, 0.25) is 0 Å². The Morgan fingerprint density at radius 1 is 1.42 bits per heavy atom. The highest BCUT2D eigenvalue weighted by Crippen LogP contribution is 2.19. The van der Waals surface area contributed by atoms with Gasteiger partial charge in [0.15, 0.2) is 0 Å². The highest BCUT2D eigenvalue weighted by molar-refractivity contribution is 5.78. The third-order valence-corrected chi connectivity index (χ3v) is 2.70. The van der Waals surface area contributed by atoms with Crippen molar-refractivity contribution in [3.8, 4) is 6.07 Å². The van der Waals surface area contributed by atoms with E-state index in [4.69, 9.17) is 15.5 Å². The van der Waals surface area contributed by atoms with Gasteiger partial charge in [-0.25, -0.2) is 4.79 Å². The average molecular weight is 262 g/mol. The molecule has 0 spiro atoms. The van der Waals surface area contributed by atoms with Crippen LogP contribution in [-0.2, 0) is 9.59 Å². The van der Waals surface area contributed by atoms with Crippen LogP contribution in [0, 0.1) is 11.3 Å². The summed E-state index contributed by atoms with van der Waals surface area (Å²) in [5.74, 6) is -2.05. The van der Waals surface area contributed by atoms with Crippen LogP contribution in [0.1, 0.15) is 18.9 Å². The Morgan fingerprint density at radius 3 is 2.63 bits per heavy atom. The van der Waals surface area contributed by atoms with E-state index in [1.54, 1.807) is 24.3 Å². The van der Waals surface area contributed by atoms with Gasteiger partial charge in [0.2, 0.25) is 0 Å². The van der Waals surface area contributed by atoms with Crippen LogP contribution in [0.3, 0.4) is 0 Å². The average Bonchev–Trinajstić information content (AvgIpc) is 2.38. The summed E-state index contributed by atoms with van der Waals surface area (Å²) in [5.41, 5.74) is 0.922. The van der Waals surface area contributed by atoms with Crippen molar-refractivity contribution in [1.82, 2.24) is 0 Å². The van der Waals surface area contributed by atoms with E-state index in [-0.39, 0.29) is 13.0 Å². The molecule has 6 nitrogen and oxygen atoms in total. The summed E-state index contributed by atoms with van der Waals surface area (Å²) in [4.78, 5) is 23.1. The maximum absolute atomic E-state index is 11.1. The van der Waals surface area contributed by atoms with Gasteiger partial charge in [0.05, 0.1) is 18.1 Å². The molecule has 0 saturated heterocycles. The number of hydrogen-bond acceptors (Lipinski definition) is 4. The van der Waals surface area contributed by atoms with Crippen LogP contribution in [0.25, 0.3) is 0 Å². The number of nitriles is 1. The van der Waals surface area contributed by atoms with E-state index >= 15 is 0 Å². The van der Waals surface area contributed by atoms with E-state index in [2.05, 4.69) is 0 Å². The maximum atomic E-state index is 11.1. The summed E-state index contributed by atoms with van der Waals surface area (Å²) in [6, 6.07) is 7.53. The number of nitrogens with zero attached hydrogens (tertiary/aromatic N) is 2. The van der Waals surface area contributed by atoms with Crippen LogP contribution >= 0.6 is 0 Å². The van der Waals surface area contributed by atoms with E-state index in [1.807, 2.05) is 6.07 Å². The first-order chi connectivity index (χ1) is 8.95. The lowest BCUT2D eigenvalue weighted by molar-refractivity contribution is -0.139. The van der Waals surface area contributed by atoms with Gasteiger partial charge in [0, 0.05) is 12.2 Å². The molecule has 6 heteroatoms. The smallest absolute Gasteiger partial charge is 0.326 e. The highest BCUT2D eigenvalue weighted by Gasteiger charge is 2.21. The molecular weight excluding hydrogens is 248 g/mol. The quantitative estimate of drug-likeness (QED) is 0.801. The Morgan fingerprint density at radius 2 is 2.11 bits per heavy atom. The first-order valence-corrected chi connectivity index (χ1v) is 5.67. The van der Waals surface area contributed by atoms with Crippen molar-refractivity contribution >= 4 is 17.6 Å². The van der Waals surface area contributed by atoms with Crippen LogP contribution in [0.15, 0.2) is 24.3 Å². The molecule has 19 heavy (non-hydrogen) atoms. The molecule has 1 atom stereocenters. The lowest BCUT2D eigenvalue weighted by Gasteiger charge is -2.28. The van der Waals surface area contributed by atoms with Gasteiger partial charge in [-0.15, -0.1) is 0 Å². The molecule has 1 aromatic carbocycles. The summed E-state index contributed by atoms with van der Waals surface area (Å²) in [6.07, 6.45) is -0.172. The molecule has 0 aliphatic heterocycles. The second-order valence-corrected chi connectivity index (χ2v) is 4.01. The van der Waals surface area contributed by atoms with E-state index < -0.39 is 18.0 Å². The lowest BCUT2D eigenvalue weighted by atomic mass is 10.1. The van der Waals surface area contributed by atoms with Crippen molar-refractivity contribution in [2.45, 2.75) is 19.4 Å². The van der Waals surface area contributed by atoms with Crippen molar-refractivity contribution in [2.24, 2.45) is 0 Å². The molecule has 0 amide bonds. The molecule has 0 aliphatic carbocycles. The molecule has 1 aromatic rings. The van der Waals surface area contributed by atoms with E-state index in [1.165, 1.54) is 11.8 Å². The van der Waals surface area contributed by atoms with Gasteiger partial charge in [0.1, 0.15) is 6.04 Å². The zero-order valence-electron chi connectivity index (χ0n) is 10.4. The van der Waals surface area contributed by atoms with Crippen LogP contribution in [0.4, 0.5) is 5.69 Å². The molecule has 0 fully saturated rings. The summed E-state index contributed by atoms with van der Waals surface area (Å²) in [7, 11) is 0. The van der Waals surface area contributed by atoms with Gasteiger partial charge < -0.3 is 15.1 Å². The summed E-state index contributed by atoms with van der Waals surface area (Å²) < 4.78 is 0. The molecule has 2 N–H and O–H groups in total. The topological polar surface area (TPSA) is 102 Å². The fourth-order valence-corrected chi connectivity index (χ4v) is 1.65. The fraction of sp³-hybridized carbons (Fsp3) is 0.308. The van der Waals surface area contributed by atoms with Crippen molar-refractivity contribution in [3.05, 3.63) is 29.8 Å². The molecular formula is C13H14N2O4. The molecule has 1 unspecified atom stereocenters. The van der Waals surface area contributed by atoms with Crippen LogP contribution < -0.4 is 4.90 Å². The second-order valence-electron chi connectivity index (χ2n) is 4.01. The maximum Gasteiger partial charge on any atom is 0.326 e. The number of rotatable bonds is 6. The number of carboxylic acids is 2. The molecule has 0 bridgehead atoms. The normalized spacial score (nSPS) is 11.4. The first-order valence-electron chi connectivity index (χ1n) is 5.67. The van der Waals surface area contributed by atoms with Crippen molar-refractivity contribution < 1.29 is 19.8 Å². The molecule has 0 aliphatic rings. The molecule has 0 heterocycles. The SMILES string of the molecule is CC(C(=O)O)N(CCC(=O)O)c1cccc(C#N)c1. The number of benzene rings is 1. The number of carboxylic acid groups (broad SMARTS) is 2. The number of hydrogen-bond donors (Lipinski definition) is 2. The van der Waals surface area contributed by atoms with E-state index in [0.29, 0.717) is 11.3 Å². The Labute approximate surface area is 110 Å². The van der Waals surface area contributed by atoms with Gasteiger partial charge in [-0.3, -0.25) is 4.79 Å². The Balaban J connectivity index is 3.03. The highest BCUT2D eigenvalue weighted by atomic mass is 16.4. The van der Waals surface area contributed by atoms with Crippen LogP contribution in [0.5, 0.6) is 0 Å². The number of carbonyl (C=O) groups is 2. The molecule has 100 valence electrons. The van der Waals surface area contributed by atoms with Gasteiger partial charge >= 0.3 is 11.9 Å². The van der Waals surface area contributed by atoms with Crippen molar-refractivity contribution in [3.63, 3.8) is 0 Å². The Bertz CT molecular complexity index is 522. The number of aliphatic carboxylic acids is 2. The third-order valence-electron chi connectivity index (χ3n) is 2.70. The van der Waals surface area contributed by atoms with Gasteiger partial charge in [-0.2, -0.15) is 5.26 Å². The van der Waals surface area contributed by atoms with Gasteiger partial charge in [-0.1, -0.05) is 6.07 Å². The van der Waals surface area contributed by atoms with Crippen LogP contribution in [-0.4, -0.2) is 34.7 Å². The first kappa shape index (κ1) is 14.5. The third kappa shape index (κ3) is 4.00.